The van der Waals surface area contributed by atoms with Gasteiger partial charge in [0.15, 0.2) is 11.6 Å². The highest BCUT2D eigenvalue weighted by molar-refractivity contribution is 5.46. The molecule has 0 radical (unpaired) electrons. The van der Waals surface area contributed by atoms with Crippen LogP contribution in [-0.2, 0) is 6.61 Å². The first-order valence-corrected chi connectivity index (χ1v) is 5.52. The molecule has 0 bridgehead atoms. The molecule has 0 saturated carbocycles. The van der Waals surface area contributed by atoms with E-state index in [1.807, 2.05) is 0 Å². The molecule has 0 saturated heterocycles. The number of nitrogens with zero attached hydrogens (tertiary/aromatic N) is 1. The fourth-order valence-corrected chi connectivity index (χ4v) is 1.62. The number of nitro groups is 1. The summed E-state index contributed by atoms with van der Waals surface area (Å²) in [5.41, 5.74) is -0.227. The minimum atomic E-state index is -0.895. The SMILES string of the molecule is O=[N+]([O-])c1ccc(Oc2ccc(F)cc2F)cc1CO. The molecule has 1 N–H and O–H groups in total. The summed E-state index contributed by atoms with van der Waals surface area (Å²) in [6.07, 6.45) is 0. The van der Waals surface area contributed by atoms with Crippen molar-refractivity contribution in [3.8, 4) is 11.5 Å². The molecule has 0 heterocycles. The molecule has 0 aliphatic carbocycles. The van der Waals surface area contributed by atoms with Crippen LogP contribution in [0.15, 0.2) is 36.4 Å². The summed E-state index contributed by atoms with van der Waals surface area (Å²) in [7, 11) is 0. The number of hydrogen-bond donors (Lipinski definition) is 1. The summed E-state index contributed by atoms with van der Waals surface area (Å²) >= 11 is 0. The third-order valence-electron chi connectivity index (χ3n) is 2.54. The molecule has 0 amide bonds. The van der Waals surface area contributed by atoms with Gasteiger partial charge in [-0.25, -0.2) is 8.78 Å². The monoisotopic (exact) mass is 281 g/mol. The third kappa shape index (κ3) is 2.89. The fourth-order valence-electron chi connectivity index (χ4n) is 1.62. The van der Waals surface area contributed by atoms with Crippen molar-refractivity contribution in [1.29, 1.82) is 0 Å². The van der Waals surface area contributed by atoms with Crippen molar-refractivity contribution in [3.63, 3.8) is 0 Å². The average Bonchev–Trinajstić information content (AvgIpc) is 2.41. The number of benzene rings is 2. The van der Waals surface area contributed by atoms with Crippen molar-refractivity contribution >= 4 is 5.69 Å². The number of ether oxygens (including phenoxy) is 1. The Balaban J connectivity index is 2.32. The van der Waals surface area contributed by atoms with Gasteiger partial charge < -0.3 is 9.84 Å². The minimum Gasteiger partial charge on any atom is -0.454 e. The Kier molecular flexibility index (Phi) is 3.90. The first kappa shape index (κ1) is 13.9. The quantitative estimate of drug-likeness (QED) is 0.690. The highest BCUT2D eigenvalue weighted by Crippen LogP contribution is 2.29. The topological polar surface area (TPSA) is 72.6 Å². The summed E-state index contributed by atoms with van der Waals surface area (Å²) < 4.78 is 31.3. The Morgan fingerprint density at radius 1 is 1.20 bits per heavy atom. The lowest BCUT2D eigenvalue weighted by molar-refractivity contribution is -0.385. The Hall–Kier alpha value is -2.54. The average molecular weight is 281 g/mol. The van der Waals surface area contributed by atoms with Gasteiger partial charge in [-0.3, -0.25) is 10.1 Å². The number of hydrogen-bond acceptors (Lipinski definition) is 4. The molecule has 5 nitrogen and oxygen atoms in total. The summed E-state index contributed by atoms with van der Waals surface area (Å²) in [6, 6.07) is 6.42. The predicted octanol–water partition coefficient (Wildman–Crippen LogP) is 3.16. The van der Waals surface area contributed by atoms with Crippen molar-refractivity contribution in [2.24, 2.45) is 0 Å². The van der Waals surface area contributed by atoms with E-state index in [9.17, 15) is 18.9 Å². The van der Waals surface area contributed by atoms with E-state index in [1.165, 1.54) is 12.1 Å². The summed E-state index contributed by atoms with van der Waals surface area (Å²) in [5, 5.41) is 19.8. The smallest absolute Gasteiger partial charge is 0.275 e. The van der Waals surface area contributed by atoms with E-state index < -0.39 is 23.2 Å². The highest BCUT2D eigenvalue weighted by atomic mass is 19.1. The lowest BCUT2D eigenvalue weighted by Crippen LogP contribution is -1.96. The van der Waals surface area contributed by atoms with Crippen LogP contribution >= 0.6 is 0 Å². The summed E-state index contributed by atoms with van der Waals surface area (Å²) in [5.74, 6) is -1.75. The van der Waals surface area contributed by atoms with Crippen LogP contribution in [0.25, 0.3) is 0 Å². The lowest BCUT2D eigenvalue weighted by Gasteiger charge is -2.08. The molecule has 0 fully saturated rings. The maximum absolute atomic E-state index is 13.4. The first-order chi connectivity index (χ1) is 9.51. The van der Waals surface area contributed by atoms with Crippen LogP contribution < -0.4 is 4.74 Å². The first-order valence-electron chi connectivity index (χ1n) is 5.52. The molecule has 2 aromatic carbocycles. The van der Waals surface area contributed by atoms with Crippen LogP contribution in [0.4, 0.5) is 14.5 Å². The zero-order chi connectivity index (χ0) is 14.7. The summed E-state index contributed by atoms with van der Waals surface area (Å²) in [4.78, 5) is 10.0. The van der Waals surface area contributed by atoms with Gasteiger partial charge in [-0.2, -0.15) is 0 Å². The predicted molar refractivity (Wildman–Crippen MR) is 65.5 cm³/mol. The summed E-state index contributed by atoms with van der Waals surface area (Å²) in [6.45, 7) is -0.556. The van der Waals surface area contributed by atoms with E-state index in [2.05, 4.69) is 0 Å². The van der Waals surface area contributed by atoms with Gasteiger partial charge in [0.05, 0.1) is 17.1 Å². The van der Waals surface area contributed by atoms with Gasteiger partial charge in [0, 0.05) is 12.1 Å². The van der Waals surface area contributed by atoms with Crippen molar-refractivity contribution in [3.05, 3.63) is 63.7 Å². The van der Waals surface area contributed by atoms with E-state index in [4.69, 9.17) is 9.84 Å². The molecule has 0 spiro atoms. The third-order valence-corrected chi connectivity index (χ3v) is 2.54. The van der Waals surface area contributed by atoms with Crippen LogP contribution in [0.2, 0.25) is 0 Å². The lowest BCUT2D eigenvalue weighted by atomic mass is 10.2. The molecule has 0 atom stereocenters. The largest absolute Gasteiger partial charge is 0.454 e. The Labute approximate surface area is 112 Å². The van der Waals surface area contributed by atoms with E-state index >= 15 is 0 Å². The Morgan fingerprint density at radius 3 is 2.55 bits per heavy atom. The minimum absolute atomic E-state index is 0.0371. The van der Waals surface area contributed by atoms with Gasteiger partial charge in [-0.15, -0.1) is 0 Å². The Bertz CT molecular complexity index is 661. The van der Waals surface area contributed by atoms with Crippen LogP contribution in [-0.4, -0.2) is 10.0 Å². The molecule has 104 valence electrons. The molecule has 0 aliphatic rings. The molecule has 0 aliphatic heterocycles. The van der Waals surface area contributed by atoms with Gasteiger partial charge in [0.25, 0.3) is 5.69 Å². The van der Waals surface area contributed by atoms with Crippen molar-refractivity contribution in [2.75, 3.05) is 0 Å². The molecule has 7 heteroatoms. The van der Waals surface area contributed by atoms with Crippen LogP contribution in [0, 0.1) is 21.7 Å². The van der Waals surface area contributed by atoms with Gasteiger partial charge >= 0.3 is 0 Å². The van der Waals surface area contributed by atoms with E-state index in [1.54, 1.807) is 0 Å². The number of nitro benzene ring substituents is 1. The molecule has 20 heavy (non-hydrogen) atoms. The fraction of sp³-hybridized carbons (Fsp3) is 0.0769. The molecule has 0 aromatic heterocycles. The zero-order valence-corrected chi connectivity index (χ0v) is 10.0. The standard InChI is InChI=1S/C13H9F2NO4/c14-9-1-4-13(11(15)6-9)20-10-2-3-12(16(18)19)8(5-10)7-17/h1-6,17H,7H2. The molecular weight excluding hydrogens is 272 g/mol. The van der Waals surface area contributed by atoms with Crippen molar-refractivity contribution in [2.45, 2.75) is 6.61 Å². The molecule has 2 rings (SSSR count). The van der Waals surface area contributed by atoms with Gasteiger partial charge in [0.1, 0.15) is 11.6 Å². The second kappa shape index (κ2) is 5.62. The van der Waals surface area contributed by atoms with Crippen LogP contribution in [0.3, 0.4) is 0 Å². The number of aliphatic hydroxyl groups is 1. The molecule has 2 aromatic rings. The zero-order valence-electron chi connectivity index (χ0n) is 10.0. The molecule has 0 unspecified atom stereocenters. The highest BCUT2D eigenvalue weighted by Gasteiger charge is 2.15. The Morgan fingerprint density at radius 2 is 1.95 bits per heavy atom. The van der Waals surface area contributed by atoms with Crippen molar-refractivity contribution < 1.29 is 23.5 Å². The number of halogens is 2. The number of aliphatic hydroxyl groups excluding tert-OH is 1. The second-order valence-corrected chi connectivity index (χ2v) is 3.88. The van der Waals surface area contributed by atoms with Crippen LogP contribution in [0.5, 0.6) is 11.5 Å². The van der Waals surface area contributed by atoms with E-state index in [0.29, 0.717) is 6.07 Å². The maximum atomic E-state index is 13.4. The van der Waals surface area contributed by atoms with Crippen LogP contribution in [0.1, 0.15) is 5.56 Å². The second-order valence-electron chi connectivity index (χ2n) is 3.88. The van der Waals surface area contributed by atoms with E-state index in [-0.39, 0.29) is 22.7 Å². The number of rotatable bonds is 4. The normalized spacial score (nSPS) is 10.3. The van der Waals surface area contributed by atoms with Gasteiger partial charge in [-0.05, 0) is 24.3 Å². The molecular formula is C13H9F2NO4. The van der Waals surface area contributed by atoms with Crippen molar-refractivity contribution in [1.82, 2.24) is 0 Å². The van der Waals surface area contributed by atoms with Gasteiger partial charge in [-0.1, -0.05) is 0 Å². The van der Waals surface area contributed by atoms with Gasteiger partial charge in [0.2, 0.25) is 0 Å². The van der Waals surface area contributed by atoms with E-state index in [0.717, 1.165) is 18.2 Å². The maximum Gasteiger partial charge on any atom is 0.275 e.